The van der Waals surface area contributed by atoms with E-state index in [0.29, 0.717) is 16.6 Å². The minimum Gasteiger partial charge on any atom is -0.494 e. The average Bonchev–Trinajstić information content (AvgIpc) is 3.40. The van der Waals surface area contributed by atoms with E-state index in [9.17, 15) is 0 Å². The van der Waals surface area contributed by atoms with Crippen molar-refractivity contribution in [3.05, 3.63) is 35.9 Å². The van der Waals surface area contributed by atoms with Crippen molar-refractivity contribution in [2.75, 3.05) is 32.2 Å². The van der Waals surface area contributed by atoms with Gasteiger partial charge in [-0.25, -0.2) is 4.98 Å². The summed E-state index contributed by atoms with van der Waals surface area (Å²) in [5, 5.41) is 9.41. The summed E-state index contributed by atoms with van der Waals surface area (Å²) in [6.45, 7) is 4.21. The predicted molar refractivity (Wildman–Crippen MR) is 114 cm³/mol. The summed E-state index contributed by atoms with van der Waals surface area (Å²) < 4.78 is 12.3. The number of benzene rings is 2. The Kier molecular flexibility index (Phi) is 5.43. The van der Waals surface area contributed by atoms with Gasteiger partial charge in [-0.1, -0.05) is 24.3 Å². The fourth-order valence-electron chi connectivity index (χ4n) is 3.46. The van der Waals surface area contributed by atoms with Crippen molar-refractivity contribution in [3.8, 4) is 11.5 Å². The van der Waals surface area contributed by atoms with Gasteiger partial charge in [0.1, 0.15) is 17.2 Å². The van der Waals surface area contributed by atoms with Crippen LogP contribution in [-0.4, -0.2) is 32.3 Å². The molecular weight excluding hydrogens is 372 g/mol. The Balaban J connectivity index is 1.66. The molecule has 1 aliphatic heterocycles. The molecule has 7 heteroatoms. The van der Waals surface area contributed by atoms with Gasteiger partial charge in [0.15, 0.2) is 0 Å². The van der Waals surface area contributed by atoms with Crippen LogP contribution in [0.4, 0.5) is 16.5 Å². The molecule has 0 aliphatic carbocycles. The largest absolute Gasteiger partial charge is 0.494 e. The molecule has 0 saturated carbocycles. The number of hydrogen-bond acceptors (Lipinski definition) is 7. The first-order valence-electron chi connectivity index (χ1n) is 9.54. The zero-order valence-electron chi connectivity index (χ0n) is 16.4. The first-order valence-corrected chi connectivity index (χ1v) is 10.4. The summed E-state index contributed by atoms with van der Waals surface area (Å²) in [5.74, 6) is 1.47. The minimum atomic E-state index is 0.632. The van der Waals surface area contributed by atoms with Gasteiger partial charge in [-0.3, -0.25) is 0 Å². The van der Waals surface area contributed by atoms with E-state index in [2.05, 4.69) is 39.2 Å². The number of aryl methyl sites for hydroxylation is 1. The molecule has 4 rings (SSSR count). The number of aromatic nitrogens is 1. The number of thiazole rings is 1. The summed E-state index contributed by atoms with van der Waals surface area (Å²) in [6.07, 6.45) is 3.40. The van der Waals surface area contributed by atoms with Crippen molar-refractivity contribution >= 4 is 38.1 Å². The third kappa shape index (κ3) is 3.67. The van der Waals surface area contributed by atoms with Gasteiger partial charge in [0.2, 0.25) is 5.13 Å². The van der Waals surface area contributed by atoms with Crippen molar-refractivity contribution in [1.29, 1.82) is 0 Å². The van der Waals surface area contributed by atoms with Crippen molar-refractivity contribution in [3.63, 3.8) is 0 Å². The van der Waals surface area contributed by atoms with E-state index in [1.54, 1.807) is 25.6 Å². The number of methoxy groups -OCH3 is 2. The van der Waals surface area contributed by atoms with Crippen LogP contribution in [0.15, 0.2) is 40.6 Å². The van der Waals surface area contributed by atoms with Crippen LogP contribution in [0.2, 0.25) is 0 Å². The lowest BCUT2D eigenvalue weighted by Gasteiger charge is -2.21. The van der Waals surface area contributed by atoms with E-state index in [-0.39, 0.29) is 0 Å². The standard InChI is InChI=1S/C21H24N4O2S/c1-4-14-7-8-15-20(11-14)28-21(22-15)24-23-16-12-19(27-3)17(13-18(16)26-2)25-9-5-6-10-25/h7-8,11-13H,4-6,9-10H2,1-3H3/b24-23+. The summed E-state index contributed by atoms with van der Waals surface area (Å²) >= 11 is 1.54. The Hall–Kier alpha value is -2.67. The van der Waals surface area contributed by atoms with E-state index in [1.807, 2.05) is 18.2 Å². The molecule has 0 bridgehead atoms. The molecule has 1 aliphatic rings. The van der Waals surface area contributed by atoms with E-state index in [4.69, 9.17) is 9.47 Å². The van der Waals surface area contributed by atoms with Crippen LogP contribution in [-0.2, 0) is 6.42 Å². The Labute approximate surface area is 168 Å². The number of hydrogen-bond donors (Lipinski definition) is 0. The highest BCUT2D eigenvalue weighted by atomic mass is 32.1. The van der Waals surface area contributed by atoms with E-state index in [0.717, 1.165) is 41.2 Å². The fourth-order valence-corrected chi connectivity index (χ4v) is 4.32. The molecule has 1 saturated heterocycles. The van der Waals surface area contributed by atoms with Gasteiger partial charge in [0.25, 0.3) is 0 Å². The molecule has 0 amide bonds. The second-order valence-corrected chi connectivity index (χ2v) is 7.75. The highest BCUT2D eigenvalue weighted by molar-refractivity contribution is 7.21. The number of nitrogens with zero attached hydrogens (tertiary/aromatic N) is 4. The molecule has 2 aromatic carbocycles. The molecule has 1 fully saturated rings. The zero-order chi connectivity index (χ0) is 19.5. The number of fused-ring (bicyclic) bond motifs is 1. The van der Waals surface area contributed by atoms with Crippen molar-refractivity contribution < 1.29 is 9.47 Å². The first-order chi connectivity index (χ1) is 13.7. The van der Waals surface area contributed by atoms with Gasteiger partial charge in [0.05, 0.1) is 30.1 Å². The maximum atomic E-state index is 5.61. The van der Waals surface area contributed by atoms with Crippen LogP contribution in [0.3, 0.4) is 0 Å². The van der Waals surface area contributed by atoms with Gasteiger partial charge < -0.3 is 14.4 Å². The van der Waals surface area contributed by atoms with Crippen LogP contribution in [0.25, 0.3) is 10.2 Å². The smallest absolute Gasteiger partial charge is 0.231 e. The third-order valence-electron chi connectivity index (χ3n) is 5.02. The molecule has 0 radical (unpaired) electrons. The van der Waals surface area contributed by atoms with E-state index >= 15 is 0 Å². The molecule has 0 unspecified atom stereocenters. The third-order valence-corrected chi connectivity index (χ3v) is 5.92. The molecule has 28 heavy (non-hydrogen) atoms. The second-order valence-electron chi connectivity index (χ2n) is 6.74. The predicted octanol–water partition coefficient (Wildman–Crippen LogP) is 5.89. The molecule has 6 nitrogen and oxygen atoms in total. The van der Waals surface area contributed by atoms with E-state index < -0.39 is 0 Å². The van der Waals surface area contributed by atoms with Crippen molar-refractivity contribution in [2.45, 2.75) is 26.2 Å². The van der Waals surface area contributed by atoms with Crippen LogP contribution in [0.5, 0.6) is 11.5 Å². The number of ether oxygens (including phenoxy) is 2. The van der Waals surface area contributed by atoms with Crippen molar-refractivity contribution in [1.82, 2.24) is 4.98 Å². The summed E-state index contributed by atoms with van der Waals surface area (Å²) in [6, 6.07) is 10.2. The number of anilines is 1. The topological polar surface area (TPSA) is 59.3 Å². The summed E-state index contributed by atoms with van der Waals surface area (Å²) in [7, 11) is 3.33. The Morgan fingerprint density at radius 2 is 1.82 bits per heavy atom. The Morgan fingerprint density at radius 1 is 1.04 bits per heavy atom. The number of azo groups is 1. The summed E-state index contributed by atoms with van der Waals surface area (Å²) in [5.41, 5.74) is 3.92. The van der Waals surface area contributed by atoms with Crippen LogP contribution < -0.4 is 14.4 Å². The molecule has 0 spiro atoms. The molecular formula is C21H24N4O2S. The highest BCUT2D eigenvalue weighted by Crippen LogP contribution is 2.42. The molecule has 2 heterocycles. The van der Waals surface area contributed by atoms with Gasteiger partial charge in [-0.2, -0.15) is 0 Å². The number of rotatable bonds is 6. The molecule has 0 atom stereocenters. The lowest BCUT2D eigenvalue weighted by atomic mass is 10.2. The SMILES string of the molecule is CCc1ccc2nc(/N=N/c3cc(OC)c(N4CCCC4)cc3OC)sc2c1. The lowest BCUT2D eigenvalue weighted by Crippen LogP contribution is -2.18. The van der Waals surface area contributed by atoms with Gasteiger partial charge in [0, 0.05) is 25.2 Å². The molecule has 146 valence electrons. The lowest BCUT2D eigenvalue weighted by molar-refractivity contribution is 0.404. The van der Waals surface area contributed by atoms with Crippen LogP contribution in [0.1, 0.15) is 25.3 Å². The Bertz CT molecular complexity index is 1010. The minimum absolute atomic E-state index is 0.632. The molecule has 0 N–H and O–H groups in total. The Morgan fingerprint density at radius 3 is 2.54 bits per heavy atom. The molecule has 1 aromatic heterocycles. The fraction of sp³-hybridized carbons (Fsp3) is 0.381. The maximum absolute atomic E-state index is 5.61. The van der Waals surface area contributed by atoms with Crippen LogP contribution >= 0.6 is 11.3 Å². The maximum Gasteiger partial charge on any atom is 0.231 e. The average molecular weight is 397 g/mol. The van der Waals surface area contributed by atoms with Gasteiger partial charge in [-0.05, 0) is 37.0 Å². The first kappa shape index (κ1) is 18.7. The van der Waals surface area contributed by atoms with Crippen molar-refractivity contribution in [2.24, 2.45) is 10.2 Å². The summed E-state index contributed by atoms with van der Waals surface area (Å²) in [4.78, 5) is 6.88. The van der Waals surface area contributed by atoms with Crippen LogP contribution in [0, 0.1) is 0 Å². The second kappa shape index (κ2) is 8.14. The quantitative estimate of drug-likeness (QED) is 0.487. The van der Waals surface area contributed by atoms with Gasteiger partial charge >= 0.3 is 0 Å². The van der Waals surface area contributed by atoms with E-state index in [1.165, 1.54) is 18.4 Å². The normalized spacial score (nSPS) is 14.3. The highest BCUT2D eigenvalue weighted by Gasteiger charge is 2.19. The monoisotopic (exact) mass is 396 g/mol. The zero-order valence-corrected chi connectivity index (χ0v) is 17.3. The molecule has 3 aromatic rings. The van der Waals surface area contributed by atoms with Gasteiger partial charge in [-0.15, -0.1) is 10.2 Å².